The molecule has 1 aromatic heterocycles. The smallest absolute Gasteiger partial charge is 0.134 e. The number of hydrogen-bond donors (Lipinski definition) is 0. The SMILES string of the molecule is CC(C)SCc1coc2ccccc12. The van der Waals surface area contributed by atoms with Gasteiger partial charge in [0.2, 0.25) is 0 Å². The van der Waals surface area contributed by atoms with Gasteiger partial charge in [-0.1, -0.05) is 32.0 Å². The van der Waals surface area contributed by atoms with E-state index in [9.17, 15) is 0 Å². The average Bonchev–Trinajstić information content (AvgIpc) is 2.58. The van der Waals surface area contributed by atoms with Gasteiger partial charge in [0.1, 0.15) is 5.58 Å². The van der Waals surface area contributed by atoms with Crippen molar-refractivity contribution < 1.29 is 4.42 Å². The van der Waals surface area contributed by atoms with Crippen molar-refractivity contribution in [1.29, 1.82) is 0 Å². The molecule has 0 aliphatic heterocycles. The predicted molar refractivity (Wildman–Crippen MR) is 62.6 cm³/mol. The van der Waals surface area contributed by atoms with Gasteiger partial charge in [0, 0.05) is 16.7 Å². The Labute approximate surface area is 88.5 Å². The number of hydrogen-bond acceptors (Lipinski definition) is 2. The summed E-state index contributed by atoms with van der Waals surface area (Å²) < 4.78 is 5.47. The van der Waals surface area contributed by atoms with E-state index in [-0.39, 0.29) is 0 Å². The molecule has 0 amide bonds. The first-order valence-corrected chi connectivity index (χ1v) is 5.89. The molecule has 0 unspecified atom stereocenters. The Hall–Kier alpha value is -0.890. The summed E-state index contributed by atoms with van der Waals surface area (Å²) in [5, 5.41) is 1.92. The molecule has 14 heavy (non-hydrogen) atoms. The fourth-order valence-electron chi connectivity index (χ4n) is 1.40. The first-order valence-electron chi connectivity index (χ1n) is 4.84. The Morgan fingerprint density at radius 3 is 2.86 bits per heavy atom. The molecule has 0 saturated carbocycles. The van der Waals surface area contributed by atoms with Crippen molar-refractivity contribution in [3.05, 3.63) is 36.1 Å². The molecule has 1 nitrogen and oxygen atoms in total. The summed E-state index contributed by atoms with van der Waals surface area (Å²) >= 11 is 1.94. The Morgan fingerprint density at radius 2 is 2.07 bits per heavy atom. The van der Waals surface area contributed by atoms with Crippen LogP contribution in [-0.4, -0.2) is 5.25 Å². The molecule has 1 aromatic carbocycles. The third-order valence-electron chi connectivity index (χ3n) is 2.13. The Bertz CT molecular complexity index is 417. The minimum Gasteiger partial charge on any atom is -0.464 e. The van der Waals surface area contributed by atoms with Crippen molar-refractivity contribution in [2.24, 2.45) is 0 Å². The highest BCUT2D eigenvalue weighted by Gasteiger charge is 2.05. The molecule has 2 heteroatoms. The second kappa shape index (κ2) is 4.09. The fraction of sp³-hybridized carbons (Fsp3) is 0.333. The van der Waals surface area contributed by atoms with E-state index in [4.69, 9.17) is 4.42 Å². The zero-order valence-corrected chi connectivity index (χ0v) is 9.30. The fourth-order valence-corrected chi connectivity index (χ4v) is 2.14. The lowest BCUT2D eigenvalue weighted by Crippen LogP contribution is -1.87. The van der Waals surface area contributed by atoms with E-state index >= 15 is 0 Å². The molecule has 2 aromatic rings. The number of para-hydroxylation sites is 1. The number of benzene rings is 1. The van der Waals surface area contributed by atoms with Crippen LogP contribution >= 0.6 is 11.8 Å². The van der Waals surface area contributed by atoms with Gasteiger partial charge in [-0.15, -0.1) is 0 Å². The zero-order chi connectivity index (χ0) is 9.97. The van der Waals surface area contributed by atoms with Crippen LogP contribution in [0, 0.1) is 0 Å². The zero-order valence-electron chi connectivity index (χ0n) is 8.49. The molecule has 1 heterocycles. The normalized spacial score (nSPS) is 11.4. The molecular formula is C12H14OS. The second-order valence-electron chi connectivity index (χ2n) is 3.62. The molecule has 74 valence electrons. The topological polar surface area (TPSA) is 13.1 Å². The quantitative estimate of drug-likeness (QED) is 0.750. The summed E-state index contributed by atoms with van der Waals surface area (Å²) in [7, 11) is 0. The summed E-state index contributed by atoms with van der Waals surface area (Å²) in [5.41, 5.74) is 2.30. The number of rotatable bonds is 3. The van der Waals surface area contributed by atoms with Gasteiger partial charge in [0.25, 0.3) is 0 Å². The largest absolute Gasteiger partial charge is 0.464 e. The van der Waals surface area contributed by atoms with Gasteiger partial charge in [-0.2, -0.15) is 11.8 Å². The van der Waals surface area contributed by atoms with Crippen molar-refractivity contribution >= 4 is 22.7 Å². The molecular weight excluding hydrogens is 192 g/mol. The Kier molecular flexibility index (Phi) is 2.82. The molecule has 0 spiro atoms. The minimum absolute atomic E-state index is 0.670. The molecule has 0 N–H and O–H groups in total. The summed E-state index contributed by atoms with van der Waals surface area (Å²) in [5.74, 6) is 1.04. The van der Waals surface area contributed by atoms with Crippen molar-refractivity contribution in [2.45, 2.75) is 24.9 Å². The first kappa shape index (κ1) is 9.66. The van der Waals surface area contributed by atoms with Crippen LogP contribution in [0.5, 0.6) is 0 Å². The van der Waals surface area contributed by atoms with Gasteiger partial charge >= 0.3 is 0 Å². The summed E-state index contributed by atoms with van der Waals surface area (Å²) in [6.07, 6.45) is 1.88. The maximum atomic E-state index is 5.47. The Morgan fingerprint density at radius 1 is 1.29 bits per heavy atom. The summed E-state index contributed by atoms with van der Waals surface area (Å²) in [4.78, 5) is 0. The van der Waals surface area contributed by atoms with E-state index in [2.05, 4.69) is 26.0 Å². The van der Waals surface area contributed by atoms with Gasteiger partial charge in [-0.25, -0.2) is 0 Å². The molecule has 0 bridgehead atoms. The second-order valence-corrected chi connectivity index (χ2v) is 5.18. The lowest BCUT2D eigenvalue weighted by Gasteiger charge is -2.02. The van der Waals surface area contributed by atoms with Gasteiger partial charge < -0.3 is 4.42 Å². The first-order chi connectivity index (χ1) is 6.77. The lowest BCUT2D eigenvalue weighted by atomic mass is 10.2. The van der Waals surface area contributed by atoms with Crippen LogP contribution in [0.3, 0.4) is 0 Å². The third-order valence-corrected chi connectivity index (χ3v) is 3.28. The van der Waals surface area contributed by atoms with E-state index in [1.54, 1.807) is 0 Å². The molecule has 0 radical (unpaired) electrons. The van der Waals surface area contributed by atoms with Crippen molar-refractivity contribution in [1.82, 2.24) is 0 Å². The molecule has 0 aliphatic rings. The molecule has 0 fully saturated rings. The average molecular weight is 206 g/mol. The predicted octanol–water partition coefficient (Wildman–Crippen LogP) is 4.07. The number of furan rings is 1. The van der Waals surface area contributed by atoms with Gasteiger partial charge in [-0.3, -0.25) is 0 Å². The molecule has 0 aliphatic carbocycles. The van der Waals surface area contributed by atoms with Crippen molar-refractivity contribution in [3.63, 3.8) is 0 Å². The van der Waals surface area contributed by atoms with Crippen LogP contribution < -0.4 is 0 Å². The van der Waals surface area contributed by atoms with Gasteiger partial charge in [-0.05, 0) is 11.3 Å². The van der Waals surface area contributed by atoms with Crippen LogP contribution in [0.1, 0.15) is 19.4 Å². The highest BCUT2D eigenvalue weighted by atomic mass is 32.2. The highest BCUT2D eigenvalue weighted by molar-refractivity contribution is 7.99. The van der Waals surface area contributed by atoms with Gasteiger partial charge in [0.15, 0.2) is 0 Å². The van der Waals surface area contributed by atoms with Crippen LogP contribution in [0.15, 0.2) is 34.9 Å². The van der Waals surface area contributed by atoms with Crippen molar-refractivity contribution in [2.75, 3.05) is 0 Å². The monoisotopic (exact) mass is 206 g/mol. The van der Waals surface area contributed by atoms with Crippen LogP contribution in [0.2, 0.25) is 0 Å². The standard InChI is InChI=1S/C12H14OS/c1-9(2)14-8-10-7-13-12-6-4-3-5-11(10)12/h3-7,9H,8H2,1-2H3. The maximum absolute atomic E-state index is 5.47. The van der Waals surface area contributed by atoms with Gasteiger partial charge in [0.05, 0.1) is 6.26 Å². The highest BCUT2D eigenvalue weighted by Crippen LogP contribution is 2.25. The number of fused-ring (bicyclic) bond motifs is 1. The van der Waals surface area contributed by atoms with Crippen LogP contribution in [-0.2, 0) is 5.75 Å². The summed E-state index contributed by atoms with van der Waals surface area (Å²) in [6, 6.07) is 8.19. The van der Waals surface area contributed by atoms with E-state index in [1.165, 1.54) is 10.9 Å². The molecule has 0 saturated heterocycles. The maximum Gasteiger partial charge on any atom is 0.134 e. The van der Waals surface area contributed by atoms with E-state index in [0.717, 1.165) is 11.3 Å². The molecule has 2 rings (SSSR count). The minimum atomic E-state index is 0.670. The van der Waals surface area contributed by atoms with E-state index in [0.29, 0.717) is 5.25 Å². The van der Waals surface area contributed by atoms with Crippen LogP contribution in [0.4, 0.5) is 0 Å². The summed E-state index contributed by atoms with van der Waals surface area (Å²) in [6.45, 7) is 4.43. The third kappa shape index (κ3) is 1.95. The lowest BCUT2D eigenvalue weighted by molar-refractivity contribution is 0.612. The van der Waals surface area contributed by atoms with Crippen molar-refractivity contribution in [3.8, 4) is 0 Å². The van der Waals surface area contributed by atoms with Crippen LogP contribution in [0.25, 0.3) is 11.0 Å². The Balaban J connectivity index is 2.25. The van der Waals surface area contributed by atoms with E-state index in [1.807, 2.05) is 30.2 Å². The number of thioether (sulfide) groups is 1. The van der Waals surface area contributed by atoms with E-state index < -0.39 is 0 Å². The molecule has 0 atom stereocenters.